The molecule has 1 aliphatic heterocycles. The number of rotatable bonds is 4. The SMILES string of the molecule is CC(CCc1ccc(O)cc1)N1CCCCCC1. The van der Waals surface area contributed by atoms with E-state index in [0.29, 0.717) is 11.8 Å². The minimum Gasteiger partial charge on any atom is -0.508 e. The molecule has 0 spiro atoms. The van der Waals surface area contributed by atoms with Crippen LogP contribution in [0.2, 0.25) is 0 Å². The largest absolute Gasteiger partial charge is 0.508 e. The molecule has 1 heterocycles. The quantitative estimate of drug-likeness (QED) is 0.879. The molecule has 0 amide bonds. The van der Waals surface area contributed by atoms with Gasteiger partial charge in [0.2, 0.25) is 0 Å². The lowest BCUT2D eigenvalue weighted by atomic mass is 10.0. The zero-order chi connectivity index (χ0) is 12.8. The maximum Gasteiger partial charge on any atom is 0.115 e. The van der Waals surface area contributed by atoms with Gasteiger partial charge in [0.25, 0.3) is 0 Å². The lowest BCUT2D eigenvalue weighted by Gasteiger charge is -2.27. The third-order valence-corrected chi connectivity index (χ3v) is 4.05. The summed E-state index contributed by atoms with van der Waals surface area (Å²) >= 11 is 0. The van der Waals surface area contributed by atoms with Gasteiger partial charge in [-0.05, 0) is 63.4 Å². The molecule has 0 bridgehead atoms. The molecular weight excluding hydrogens is 222 g/mol. The Balaban J connectivity index is 1.79. The minimum atomic E-state index is 0.360. The van der Waals surface area contributed by atoms with E-state index in [0.717, 1.165) is 6.42 Å². The number of hydrogen-bond acceptors (Lipinski definition) is 2. The zero-order valence-electron chi connectivity index (χ0n) is 11.4. The van der Waals surface area contributed by atoms with Gasteiger partial charge in [0, 0.05) is 6.04 Å². The minimum absolute atomic E-state index is 0.360. The molecule has 18 heavy (non-hydrogen) atoms. The maximum atomic E-state index is 9.26. The molecule has 1 fully saturated rings. The molecule has 0 aromatic heterocycles. The molecule has 2 nitrogen and oxygen atoms in total. The number of phenolic OH excluding ortho intramolecular Hbond substituents is 1. The summed E-state index contributed by atoms with van der Waals surface area (Å²) in [4.78, 5) is 2.65. The summed E-state index contributed by atoms with van der Waals surface area (Å²) in [6, 6.07) is 8.31. The fraction of sp³-hybridized carbons (Fsp3) is 0.625. The van der Waals surface area contributed by atoms with E-state index in [4.69, 9.17) is 0 Å². The van der Waals surface area contributed by atoms with Crippen LogP contribution in [0, 0.1) is 0 Å². The van der Waals surface area contributed by atoms with Gasteiger partial charge in [0.1, 0.15) is 5.75 Å². The fourth-order valence-corrected chi connectivity index (χ4v) is 2.76. The third kappa shape index (κ3) is 4.02. The van der Waals surface area contributed by atoms with Crippen LogP contribution in [-0.2, 0) is 6.42 Å². The van der Waals surface area contributed by atoms with Crippen molar-refractivity contribution in [1.82, 2.24) is 4.90 Å². The summed E-state index contributed by atoms with van der Waals surface area (Å²) in [5.74, 6) is 0.360. The lowest BCUT2D eigenvalue weighted by Crippen LogP contribution is -2.34. The van der Waals surface area contributed by atoms with Crippen LogP contribution >= 0.6 is 0 Å². The molecule has 2 rings (SSSR count). The molecule has 1 aromatic rings. The number of likely N-dealkylation sites (tertiary alicyclic amines) is 1. The highest BCUT2D eigenvalue weighted by Crippen LogP contribution is 2.17. The van der Waals surface area contributed by atoms with Crippen LogP contribution in [0.3, 0.4) is 0 Å². The van der Waals surface area contributed by atoms with E-state index in [-0.39, 0.29) is 0 Å². The van der Waals surface area contributed by atoms with E-state index in [1.807, 2.05) is 12.1 Å². The molecule has 1 atom stereocenters. The molecule has 0 radical (unpaired) electrons. The second-order valence-corrected chi connectivity index (χ2v) is 5.50. The highest BCUT2D eigenvalue weighted by molar-refractivity contribution is 5.25. The monoisotopic (exact) mass is 247 g/mol. The molecule has 1 saturated heterocycles. The van der Waals surface area contributed by atoms with Gasteiger partial charge in [-0.15, -0.1) is 0 Å². The Labute approximate surface area is 111 Å². The van der Waals surface area contributed by atoms with Crippen LogP contribution < -0.4 is 0 Å². The molecule has 2 heteroatoms. The summed E-state index contributed by atoms with van der Waals surface area (Å²) in [7, 11) is 0. The maximum absolute atomic E-state index is 9.26. The Morgan fingerprint density at radius 3 is 2.28 bits per heavy atom. The van der Waals surface area contributed by atoms with Gasteiger partial charge >= 0.3 is 0 Å². The molecule has 1 N–H and O–H groups in total. The number of benzene rings is 1. The summed E-state index contributed by atoms with van der Waals surface area (Å²) < 4.78 is 0. The normalized spacial score (nSPS) is 19.4. The molecule has 1 unspecified atom stereocenters. The van der Waals surface area contributed by atoms with Crippen molar-refractivity contribution in [2.24, 2.45) is 0 Å². The molecule has 1 aromatic carbocycles. The number of phenols is 1. The topological polar surface area (TPSA) is 23.5 Å². The van der Waals surface area contributed by atoms with Crippen molar-refractivity contribution in [3.05, 3.63) is 29.8 Å². The zero-order valence-corrected chi connectivity index (χ0v) is 11.4. The van der Waals surface area contributed by atoms with Crippen LogP contribution in [-0.4, -0.2) is 29.1 Å². The van der Waals surface area contributed by atoms with Crippen molar-refractivity contribution in [3.8, 4) is 5.75 Å². The van der Waals surface area contributed by atoms with Gasteiger partial charge in [-0.25, -0.2) is 0 Å². The standard InChI is InChI=1S/C16H25NO/c1-14(17-12-4-2-3-5-13-17)6-7-15-8-10-16(18)11-9-15/h8-11,14,18H,2-7,12-13H2,1H3. The Hall–Kier alpha value is -1.02. The van der Waals surface area contributed by atoms with Crippen molar-refractivity contribution in [2.75, 3.05) is 13.1 Å². The second kappa shape index (κ2) is 6.79. The summed E-state index contributed by atoms with van der Waals surface area (Å²) in [6.07, 6.45) is 7.86. The lowest BCUT2D eigenvalue weighted by molar-refractivity contribution is 0.207. The molecular formula is C16H25NO. The highest BCUT2D eigenvalue weighted by Gasteiger charge is 2.15. The number of aromatic hydroxyl groups is 1. The molecule has 1 aliphatic rings. The predicted molar refractivity (Wildman–Crippen MR) is 75.9 cm³/mol. The van der Waals surface area contributed by atoms with Gasteiger partial charge < -0.3 is 10.0 Å². The first-order valence-electron chi connectivity index (χ1n) is 7.27. The van der Waals surface area contributed by atoms with Gasteiger partial charge in [0.15, 0.2) is 0 Å². The van der Waals surface area contributed by atoms with E-state index in [1.165, 1.54) is 50.8 Å². The van der Waals surface area contributed by atoms with Crippen molar-refractivity contribution in [2.45, 2.75) is 51.5 Å². The molecule has 0 aliphatic carbocycles. The summed E-state index contributed by atoms with van der Waals surface area (Å²) in [5.41, 5.74) is 1.33. The van der Waals surface area contributed by atoms with Crippen molar-refractivity contribution in [3.63, 3.8) is 0 Å². The van der Waals surface area contributed by atoms with E-state index in [1.54, 1.807) is 12.1 Å². The first-order chi connectivity index (χ1) is 8.75. The second-order valence-electron chi connectivity index (χ2n) is 5.50. The van der Waals surface area contributed by atoms with Crippen molar-refractivity contribution in [1.29, 1.82) is 0 Å². The van der Waals surface area contributed by atoms with Crippen LogP contribution in [0.5, 0.6) is 5.75 Å². The van der Waals surface area contributed by atoms with Gasteiger partial charge in [-0.3, -0.25) is 0 Å². The predicted octanol–water partition coefficient (Wildman–Crippen LogP) is 3.59. The van der Waals surface area contributed by atoms with Crippen molar-refractivity contribution < 1.29 is 5.11 Å². The van der Waals surface area contributed by atoms with Crippen LogP contribution in [0.25, 0.3) is 0 Å². The fourth-order valence-electron chi connectivity index (χ4n) is 2.76. The van der Waals surface area contributed by atoms with Gasteiger partial charge in [-0.1, -0.05) is 25.0 Å². The van der Waals surface area contributed by atoms with E-state index in [9.17, 15) is 5.11 Å². The van der Waals surface area contributed by atoms with Crippen LogP contribution in [0.4, 0.5) is 0 Å². The first-order valence-corrected chi connectivity index (χ1v) is 7.27. The van der Waals surface area contributed by atoms with Crippen LogP contribution in [0.1, 0.15) is 44.6 Å². The molecule has 100 valence electrons. The Bertz CT molecular complexity index is 339. The van der Waals surface area contributed by atoms with E-state index >= 15 is 0 Å². The highest BCUT2D eigenvalue weighted by atomic mass is 16.3. The number of aryl methyl sites for hydroxylation is 1. The summed E-state index contributed by atoms with van der Waals surface area (Å²) in [6.45, 7) is 4.90. The first kappa shape index (κ1) is 13.4. The van der Waals surface area contributed by atoms with E-state index < -0.39 is 0 Å². The number of nitrogens with zero attached hydrogens (tertiary/aromatic N) is 1. The number of hydrogen-bond donors (Lipinski definition) is 1. The van der Waals surface area contributed by atoms with E-state index in [2.05, 4.69) is 11.8 Å². The Morgan fingerprint density at radius 2 is 1.67 bits per heavy atom. The smallest absolute Gasteiger partial charge is 0.115 e. The van der Waals surface area contributed by atoms with Crippen LogP contribution in [0.15, 0.2) is 24.3 Å². The average molecular weight is 247 g/mol. The summed E-state index contributed by atoms with van der Waals surface area (Å²) in [5, 5.41) is 9.26. The van der Waals surface area contributed by atoms with Gasteiger partial charge in [0.05, 0.1) is 0 Å². The Morgan fingerprint density at radius 1 is 1.06 bits per heavy atom. The molecule has 0 saturated carbocycles. The third-order valence-electron chi connectivity index (χ3n) is 4.05. The van der Waals surface area contributed by atoms with Gasteiger partial charge in [-0.2, -0.15) is 0 Å². The average Bonchev–Trinajstić information content (AvgIpc) is 2.66. The van der Waals surface area contributed by atoms with Crippen molar-refractivity contribution >= 4 is 0 Å². The Kier molecular flexibility index (Phi) is 5.06.